The molecule has 2 aromatic heterocycles. The van der Waals surface area contributed by atoms with Crippen molar-refractivity contribution in [1.82, 2.24) is 19.7 Å². The van der Waals surface area contributed by atoms with E-state index in [2.05, 4.69) is 26.9 Å². The SMILES string of the molecule is CCN(Cc1cnc[nH]1)c1ccnn1C. The Balaban J connectivity index is 2.15. The van der Waals surface area contributed by atoms with Gasteiger partial charge in [0.1, 0.15) is 5.82 Å². The van der Waals surface area contributed by atoms with Crippen molar-refractivity contribution in [3.8, 4) is 0 Å². The normalized spacial score (nSPS) is 10.5. The highest BCUT2D eigenvalue weighted by atomic mass is 15.4. The lowest BCUT2D eigenvalue weighted by Crippen LogP contribution is -2.24. The summed E-state index contributed by atoms with van der Waals surface area (Å²) in [4.78, 5) is 9.35. The van der Waals surface area contributed by atoms with Crippen LogP contribution in [-0.4, -0.2) is 26.3 Å². The first-order chi connectivity index (χ1) is 7.31. The van der Waals surface area contributed by atoms with Gasteiger partial charge in [0.05, 0.1) is 24.8 Å². The van der Waals surface area contributed by atoms with Crippen molar-refractivity contribution in [2.45, 2.75) is 13.5 Å². The highest BCUT2D eigenvalue weighted by Crippen LogP contribution is 2.14. The minimum absolute atomic E-state index is 0.829. The summed E-state index contributed by atoms with van der Waals surface area (Å²) in [6, 6.07) is 2.01. The average molecular weight is 205 g/mol. The summed E-state index contributed by atoms with van der Waals surface area (Å²) in [5, 5.41) is 4.16. The zero-order valence-corrected chi connectivity index (χ0v) is 9.01. The number of aromatic nitrogens is 4. The molecule has 2 aromatic rings. The van der Waals surface area contributed by atoms with Crippen molar-refractivity contribution >= 4 is 5.82 Å². The predicted molar refractivity (Wildman–Crippen MR) is 58.5 cm³/mol. The molecule has 0 aliphatic carbocycles. The van der Waals surface area contributed by atoms with Crippen LogP contribution in [0.5, 0.6) is 0 Å². The first-order valence-electron chi connectivity index (χ1n) is 5.01. The molecule has 0 aromatic carbocycles. The number of imidazole rings is 1. The maximum atomic E-state index is 4.16. The van der Waals surface area contributed by atoms with Crippen LogP contribution < -0.4 is 4.90 Å². The number of nitrogens with one attached hydrogen (secondary N) is 1. The summed E-state index contributed by atoms with van der Waals surface area (Å²) in [5.74, 6) is 1.12. The molecular formula is C10H15N5. The molecule has 2 heterocycles. The molecule has 0 aliphatic heterocycles. The van der Waals surface area contributed by atoms with Crippen molar-refractivity contribution in [1.29, 1.82) is 0 Å². The summed E-state index contributed by atoms with van der Waals surface area (Å²) in [6.07, 6.45) is 5.36. The van der Waals surface area contributed by atoms with Crippen LogP contribution in [0.25, 0.3) is 0 Å². The molecule has 1 N–H and O–H groups in total. The smallest absolute Gasteiger partial charge is 0.126 e. The second-order valence-electron chi connectivity index (χ2n) is 3.40. The predicted octanol–water partition coefficient (Wildman–Crippen LogP) is 1.17. The lowest BCUT2D eigenvalue weighted by molar-refractivity contribution is 0.706. The maximum Gasteiger partial charge on any atom is 0.126 e. The van der Waals surface area contributed by atoms with Crippen molar-refractivity contribution in [3.05, 3.63) is 30.5 Å². The Morgan fingerprint density at radius 3 is 2.93 bits per heavy atom. The fraction of sp³-hybridized carbons (Fsp3) is 0.400. The van der Waals surface area contributed by atoms with Crippen LogP contribution in [0.2, 0.25) is 0 Å². The molecular weight excluding hydrogens is 190 g/mol. The Hall–Kier alpha value is -1.78. The lowest BCUT2D eigenvalue weighted by Gasteiger charge is -2.21. The maximum absolute atomic E-state index is 4.16. The van der Waals surface area contributed by atoms with Crippen LogP contribution in [0.3, 0.4) is 0 Å². The van der Waals surface area contributed by atoms with Gasteiger partial charge in [-0.05, 0) is 6.92 Å². The first kappa shape index (κ1) is 9.76. The van der Waals surface area contributed by atoms with Gasteiger partial charge in [-0.1, -0.05) is 0 Å². The van der Waals surface area contributed by atoms with Gasteiger partial charge in [-0.3, -0.25) is 4.68 Å². The molecule has 0 bridgehead atoms. The quantitative estimate of drug-likeness (QED) is 0.815. The molecule has 0 unspecified atom stereocenters. The van der Waals surface area contributed by atoms with Crippen LogP contribution in [0.15, 0.2) is 24.8 Å². The number of hydrogen-bond acceptors (Lipinski definition) is 3. The second-order valence-corrected chi connectivity index (χ2v) is 3.40. The minimum atomic E-state index is 0.829. The van der Waals surface area contributed by atoms with Crippen LogP contribution >= 0.6 is 0 Å². The first-order valence-corrected chi connectivity index (χ1v) is 5.01. The number of nitrogens with zero attached hydrogens (tertiary/aromatic N) is 4. The van der Waals surface area contributed by atoms with E-state index in [1.165, 1.54) is 0 Å². The standard InChI is InChI=1S/C10H15N5/c1-3-15(7-9-6-11-8-12-9)10-4-5-13-14(10)2/h4-6,8H,3,7H2,1-2H3,(H,11,12). The molecule has 0 spiro atoms. The molecule has 5 heteroatoms. The van der Waals surface area contributed by atoms with E-state index in [4.69, 9.17) is 0 Å². The number of aromatic amines is 1. The number of anilines is 1. The number of H-pyrrole nitrogens is 1. The molecule has 80 valence electrons. The average Bonchev–Trinajstić information content (AvgIpc) is 2.85. The zero-order chi connectivity index (χ0) is 10.7. The van der Waals surface area contributed by atoms with Gasteiger partial charge in [0.25, 0.3) is 0 Å². The Bertz CT molecular complexity index is 403. The molecule has 0 amide bonds. The van der Waals surface area contributed by atoms with Gasteiger partial charge in [-0.15, -0.1) is 0 Å². The highest BCUT2D eigenvalue weighted by Gasteiger charge is 2.08. The molecule has 0 saturated heterocycles. The Morgan fingerprint density at radius 2 is 2.40 bits per heavy atom. The van der Waals surface area contributed by atoms with E-state index in [0.29, 0.717) is 0 Å². The summed E-state index contributed by atoms with van der Waals surface area (Å²) in [5.41, 5.74) is 1.11. The van der Waals surface area contributed by atoms with Gasteiger partial charge in [-0.25, -0.2) is 4.98 Å². The van der Waals surface area contributed by atoms with E-state index in [0.717, 1.165) is 24.6 Å². The number of rotatable bonds is 4. The minimum Gasteiger partial charge on any atom is -0.351 e. The van der Waals surface area contributed by atoms with Crippen molar-refractivity contribution in [2.24, 2.45) is 7.05 Å². The van der Waals surface area contributed by atoms with Crippen LogP contribution in [0.4, 0.5) is 5.82 Å². The Morgan fingerprint density at radius 1 is 1.53 bits per heavy atom. The Labute approximate surface area is 88.7 Å². The molecule has 0 atom stereocenters. The van der Waals surface area contributed by atoms with E-state index in [9.17, 15) is 0 Å². The summed E-state index contributed by atoms with van der Waals surface area (Å²) >= 11 is 0. The fourth-order valence-electron chi connectivity index (χ4n) is 1.61. The third-order valence-corrected chi connectivity index (χ3v) is 2.42. The van der Waals surface area contributed by atoms with E-state index in [-0.39, 0.29) is 0 Å². The van der Waals surface area contributed by atoms with E-state index in [1.807, 2.05) is 30.2 Å². The molecule has 2 rings (SSSR count). The van der Waals surface area contributed by atoms with Gasteiger partial charge in [0.2, 0.25) is 0 Å². The van der Waals surface area contributed by atoms with Gasteiger partial charge in [-0.2, -0.15) is 5.10 Å². The third kappa shape index (κ3) is 2.01. The van der Waals surface area contributed by atoms with Crippen molar-refractivity contribution < 1.29 is 0 Å². The zero-order valence-electron chi connectivity index (χ0n) is 9.01. The van der Waals surface area contributed by atoms with E-state index in [1.54, 1.807) is 6.33 Å². The third-order valence-electron chi connectivity index (χ3n) is 2.42. The lowest BCUT2D eigenvalue weighted by atomic mass is 10.4. The second kappa shape index (κ2) is 4.16. The highest BCUT2D eigenvalue weighted by molar-refractivity contribution is 5.38. The van der Waals surface area contributed by atoms with Crippen molar-refractivity contribution in [2.75, 3.05) is 11.4 Å². The van der Waals surface area contributed by atoms with Crippen LogP contribution in [0.1, 0.15) is 12.6 Å². The fourth-order valence-corrected chi connectivity index (χ4v) is 1.61. The molecule has 0 radical (unpaired) electrons. The van der Waals surface area contributed by atoms with Gasteiger partial charge in [0.15, 0.2) is 0 Å². The van der Waals surface area contributed by atoms with Crippen molar-refractivity contribution in [3.63, 3.8) is 0 Å². The molecule has 0 aliphatic rings. The molecule has 0 fully saturated rings. The summed E-state index contributed by atoms with van der Waals surface area (Å²) < 4.78 is 1.87. The summed E-state index contributed by atoms with van der Waals surface area (Å²) in [7, 11) is 1.95. The molecule has 15 heavy (non-hydrogen) atoms. The van der Waals surface area contributed by atoms with Gasteiger partial charge >= 0.3 is 0 Å². The van der Waals surface area contributed by atoms with Crippen LogP contribution in [-0.2, 0) is 13.6 Å². The van der Waals surface area contributed by atoms with E-state index >= 15 is 0 Å². The summed E-state index contributed by atoms with van der Waals surface area (Å²) in [6.45, 7) is 3.90. The molecule has 5 nitrogen and oxygen atoms in total. The topological polar surface area (TPSA) is 49.7 Å². The Kier molecular flexibility index (Phi) is 2.71. The van der Waals surface area contributed by atoms with Crippen LogP contribution in [0, 0.1) is 0 Å². The number of aryl methyl sites for hydroxylation is 1. The van der Waals surface area contributed by atoms with Gasteiger partial charge < -0.3 is 9.88 Å². The molecule has 0 saturated carbocycles. The van der Waals surface area contributed by atoms with Gasteiger partial charge in [0, 0.05) is 25.9 Å². The number of hydrogen-bond donors (Lipinski definition) is 1. The van der Waals surface area contributed by atoms with E-state index < -0.39 is 0 Å². The largest absolute Gasteiger partial charge is 0.351 e. The monoisotopic (exact) mass is 205 g/mol.